The molecule has 1 N–H and O–H groups in total. The van der Waals surface area contributed by atoms with E-state index in [4.69, 9.17) is 16.7 Å². The van der Waals surface area contributed by atoms with Crippen LogP contribution in [0.1, 0.15) is 42.5 Å². The Morgan fingerprint density at radius 2 is 1.78 bits per heavy atom. The standard InChI is InChI=1S/C30H30ClF2N3O5/c31-22-6-3-4-18(30(22)33)8-9-26(37)24-14-19(32)15-36(24)28(39)17-35-23-7-2-1-5-20(23)21-12-13-34(16-25(21)35)27(38)10-11-29(40)41/h1-7,19,24H,8-17H2,(H,40,41)/t19-,24+/m1/s1. The minimum absolute atomic E-state index is 0.0409. The molecule has 2 aliphatic rings. The molecule has 41 heavy (non-hydrogen) atoms. The number of carboxylic acid groups (broad SMARTS) is 1. The quantitative estimate of drug-likeness (QED) is 0.403. The van der Waals surface area contributed by atoms with Gasteiger partial charge < -0.3 is 19.5 Å². The van der Waals surface area contributed by atoms with Gasteiger partial charge in [-0.05, 0) is 36.1 Å². The van der Waals surface area contributed by atoms with Gasteiger partial charge in [-0.3, -0.25) is 19.2 Å². The number of Topliss-reactive ketones (excluding diaryl/α,β-unsaturated/α-hetero) is 1. The van der Waals surface area contributed by atoms with Crippen LogP contribution in [-0.4, -0.2) is 68.3 Å². The number of aromatic nitrogens is 1. The van der Waals surface area contributed by atoms with Gasteiger partial charge in [0.25, 0.3) is 0 Å². The van der Waals surface area contributed by atoms with Crippen molar-refractivity contribution in [3.63, 3.8) is 0 Å². The van der Waals surface area contributed by atoms with Gasteiger partial charge in [-0.15, -0.1) is 0 Å². The molecule has 216 valence electrons. The van der Waals surface area contributed by atoms with Gasteiger partial charge in [0.15, 0.2) is 5.78 Å². The molecule has 8 nitrogen and oxygen atoms in total. The summed E-state index contributed by atoms with van der Waals surface area (Å²) in [6.07, 6.45) is -1.27. The van der Waals surface area contributed by atoms with Crippen LogP contribution in [0.15, 0.2) is 42.5 Å². The molecule has 11 heteroatoms. The van der Waals surface area contributed by atoms with Gasteiger partial charge in [0.05, 0.1) is 30.6 Å². The van der Waals surface area contributed by atoms with Crippen molar-refractivity contribution in [3.05, 3.63) is 70.1 Å². The summed E-state index contributed by atoms with van der Waals surface area (Å²) in [5, 5.41) is 9.88. The molecule has 2 atom stereocenters. The highest BCUT2D eigenvalue weighted by Gasteiger charge is 2.40. The average molecular weight is 586 g/mol. The molecule has 2 aromatic carbocycles. The number of likely N-dealkylation sites (tertiary alicyclic amines) is 1. The molecule has 0 bridgehead atoms. The summed E-state index contributed by atoms with van der Waals surface area (Å²) in [6.45, 7) is 0.302. The Kier molecular flexibility index (Phi) is 8.40. The summed E-state index contributed by atoms with van der Waals surface area (Å²) in [4.78, 5) is 53.3. The number of ketones is 1. The zero-order chi connectivity index (χ0) is 29.3. The molecule has 3 aromatic rings. The number of halogens is 3. The van der Waals surface area contributed by atoms with Crippen LogP contribution in [0, 0.1) is 5.82 Å². The van der Waals surface area contributed by atoms with E-state index in [-0.39, 0.29) is 74.0 Å². The summed E-state index contributed by atoms with van der Waals surface area (Å²) in [6, 6.07) is 11.2. The van der Waals surface area contributed by atoms with Gasteiger partial charge in [0, 0.05) is 42.4 Å². The average Bonchev–Trinajstić information content (AvgIpc) is 3.50. The van der Waals surface area contributed by atoms with Crippen molar-refractivity contribution < 1.29 is 33.1 Å². The first-order valence-electron chi connectivity index (χ1n) is 13.6. The number of rotatable bonds is 9. The van der Waals surface area contributed by atoms with E-state index in [1.54, 1.807) is 17.0 Å². The number of hydrogen-bond donors (Lipinski definition) is 1. The van der Waals surface area contributed by atoms with Crippen LogP contribution >= 0.6 is 11.6 Å². The van der Waals surface area contributed by atoms with E-state index in [0.29, 0.717) is 13.0 Å². The van der Waals surface area contributed by atoms with E-state index in [0.717, 1.165) is 22.2 Å². The fourth-order valence-corrected chi connectivity index (χ4v) is 6.11. The number of alkyl halides is 1. The zero-order valence-electron chi connectivity index (χ0n) is 22.3. The third-order valence-corrected chi connectivity index (χ3v) is 8.27. The molecule has 5 rings (SSSR count). The first kappa shape index (κ1) is 28.7. The second-order valence-corrected chi connectivity index (χ2v) is 11.0. The number of amides is 2. The predicted molar refractivity (Wildman–Crippen MR) is 148 cm³/mol. The lowest BCUT2D eigenvalue weighted by atomic mass is 10.0. The minimum Gasteiger partial charge on any atom is -0.481 e. The van der Waals surface area contributed by atoms with Crippen LogP contribution in [0.25, 0.3) is 10.9 Å². The second kappa shape index (κ2) is 12.0. The highest BCUT2D eigenvalue weighted by Crippen LogP contribution is 2.32. The molecule has 0 spiro atoms. The van der Waals surface area contributed by atoms with Crippen molar-refractivity contribution in [3.8, 4) is 0 Å². The van der Waals surface area contributed by atoms with Crippen LogP contribution < -0.4 is 0 Å². The fraction of sp³-hybridized carbons (Fsp3) is 0.400. The molecule has 1 fully saturated rings. The molecule has 1 aromatic heterocycles. The summed E-state index contributed by atoms with van der Waals surface area (Å²) in [5.41, 5.74) is 2.86. The minimum atomic E-state index is -1.35. The molecule has 0 aliphatic carbocycles. The molecular weight excluding hydrogens is 556 g/mol. The molecule has 1 saturated heterocycles. The maximum atomic E-state index is 14.6. The monoisotopic (exact) mass is 585 g/mol. The fourth-order valence-electron chi connectivity index (χ4n) is 5.92. The van der Waals surface area contributed by atoms with Crippen molar-refractivity contribution >= 4 is 46.1 Å². The molecule has 0 unspecified atom stereocenters. The van der Waals surface area contributed by atoms with Crippen molar-refractivity contribution in [1.82, 2.24) is 14.4 Å². The van der Waals surface area contributed by atoms with Gasteiger partial charge in [-0.1, -0.05) is 41.9 Å². The Bertz CT molecular complexity index is 1520. The smallest absolute Gasteiger partial charge is 0.303 e. The lowest BCUT2D eigenvalue weighted by Gasteiger charge is -2.29. The highest BCUT2D eigenvalue weighted by molar-refractivity contribution is 6.30. The third kappa shape index (κ3) is 5.98. The summed E-state index contributed by atoms with van der Waals surface area (Å²) in [5.74, 6) is -2.68. The number of aliphatic carboxylic acids is 1. The first-order chi connectivity index (χ1) is 19.6. The number of benzene rings is 2. The van der Waals surface area contributed by atoms with E-state index in [1.165, 1.54) is 11.0 Å². The number of aryl methyl sites for hydroxylation is 1. The zero-order valence-corrected chi connectivity index (χ0v) is 23.1. The number of hydrogen-bond acceptors (Lipinski definition) is 4. The normalized spacial score (nSPS) is 18.5. The topological polar surface area (TPSA) is 99.9 Å². The first-order valence-corrected chi connectivity index (χ1v) is 14.0. The van der Waals surface area contributed by atoms with Crippen LogP contribution in [0.4, 0.5) is 8.78 Å². The van der Waals surface area contributed by atoms with E-state index in [9.17, 15) is 28.0 Å². The van der Waals surface area contributed by atoms with E-state index in [1.807, 2.05) is 28.8 Å². The number of nitrogens with zero attached hydrogens (tertiary/aromatic N) is 3. The van der Waals surface area contributed by atoms with Crippen LogP contribution in [-0.2, 0) is 45.1 Å². The largest absolute Gasteiger partial charge is 0.481 e. The molecule has 3 heterocycles. The Hall–Kier alpha value is -3.79. The van der Waals surface area contributed by atoms with Gasteiger partial charge in [-0.25, -0.2) is 8.78 Å². The Labute approximate surface area is 240 Å². The number of carboxylic acids is 1. The third-order valence-electron chi connectivity index (χ3n) is 7.98. The number of para-hydroxylation sites is 1. The lowest BCUT2D eigenvalue weighted by molar-refractivity contribution is -0.141. The summed E-state index contributed by atoms with van der Waals surface area (Å²) < 4.78 is 30.7. The molecular formula is C30H30ClF2N3O5. The molecule has 2 amide bonds. The Balaban J connectivity index is 1.35. The van der Waals surface area contributed by atoms with Crippen LogP contribution in [0.5, 0.6) is 0 Å². The molecule has 0 radical (unpaired) electrons. The Morgan fingerprint density at radius 1 is 1.00 bits per heavy atom. The van der Waals surface area contributed by atoms with Crippen molar-refractivity contribution in [1.29, 1.82) is 0 Å². The van der Waals surface area contributed by atoms with Gasteiger partial charge in [-0.2, -0.15) is 0 Å². The van der Waals surface area contributed by atoms with Crippen molar-refractivity contribution in [2.45, 2.75) is 63.8 Å². The summed E-state index contributed by atoms with van der Waals surface area (Å²) in [7, 11) is 0. The van der Waals surface area contributed by atoms with Gasteiger partial charge in [0.1, 0.15) is 18.5 Å². The highest BCUT2D eigenvalue weighted by atomic mass is 35.5. The van der Waals surface area contributed by atoms with E-state index < -0.39 is 29.9 Å². The van der Waals surface area contributed by atoms with Crippen LogP contribution in [0.3, 0.4) is 0 Å². The van der Waals surface area contributed by atoms with E-state index in [2.05, 4.69) is 0 Å². The van der Waals surface area contributed by atoms with Crippen molar-refractivity contribution in [2.24, 2.45) is 0 Å². The second-order valence-electron chi connectivity index (χ2n) is 10.6. The maximum absolute atomic E-state index is 14.6. The Morgan fingerprint density at radius 3 is 2.56 bits per heavy atom. The van der Waals surface area contributed by atoms with Gasteiger partial charge >= 0.3 is 5.97 Å². The number of carbonyl (C=O) groups is 4. The molecule has 2 aliphatic heterocycles. The SMILES string of the molecule is O=C(O)CCC(=O)N1CCc2c(n(CC(=O)N3C[C@H](F)C[C@H]3C(=O)CCc3cccc(Cl)c3F)c3ccccc23)C1. The maximum Gasteiger partial charge on any atom is 0.303 e. The predicted octanol–water partition coefficient (Wildman–Crippen LogP) is 4.32. The van der Waals surface area contributed by atoms with E-state index >= 15 is 0 Å². The van der Waals surface area contributed by atoms with Crippen molar-refractivity contribution in [2.75, 3.05) is 13.1 Å². The number of carbonyl (C=O) groups excluding carboxylic acids is 3. The van der Waals surface area contributed by atoms with Gasteiger partial charge in [0.2, 0.25) is 11.8 Å². The van der Waals surface area contributed by atoms with Crippen LogP contribution in [0.2, 0.25) is 5.02 Å². The number of fused-ring (bicyclic) bond motifs is 3. The molecule has 0 saturated carbocycles. The summed E-state index contributed by atoms with van der Waals surface area (Å²) >= 11 is 5.84. The lowest BCUT2D eigenvalue weighted by Crippen LogP contribution is -2.43.